The predicted octanol–water partition coefficient (Wildman–Crippen LogP) is 3.99. The molecule has 2 amide bonds. The number of hydrogen-bond donors (Lipinski definition) is 2. The van der Waals surface area contributed by atoms with Crippen LogP contribution in [0.15, 0.2) is 29.4 Å². The maximum atomic E-state index is 12.6. The summed E-state index contributed by atoms with van der Waals surface area (Å²) in [4.78, 5) is 25.0. The Hall–Kier alpha value is -1.95. The number of ether oxygens (including phenoxy) is 1. The fourth-order valence-corrected chi connectivity index (χ4v) is 3.89. The second kappa shape index (κ2) is 9.12. The van der Waals surface area contributed by atoms with Crippen LogP contribution in [0.4, 0.5) is 5.69 Å². The number of aryl methyl sites for hydroxylation is 1. The molecule has 1 aliphatic carbocycles. The summed E-state index contributed by atoms with van der Waals surface area (Å²) < 4.78 is 5.39. The molecule has 140 valence electrons. The second-order valence-corrected chi connectivity index (χ2v) is 7.82. The average molecular weight is 375 g/mol. The van der Waals surface area contributed by atoms with E-state index < -0.39 is 0 Å². The van der Waals surface area contributed by atoms with E-state index in [1.165, 1.54) is 25.7 Å². The molecule has 1 aromatic carbocycles. The van der Waals surface area contributed by atoms with Crippen LogP contribution < -0.4 is 10.6 Å². The quantitative estimate of drug-likeness (QED) is 0.782. The molecule has 26 heavy (non-hydrogen) atoms. The number of thioether (sulfide) groups is 1. The lowest BCUT2D eigenvalue weighted by atomic mass is 10.1. The molecule has 0 saturated heterocycles. The van der Waals surface area contributed by atoms with Crippen LogP contribution in [0, 0.1) is 6.92 Å². The molecule has 6 heteroatoms. The number of benzene rings is 1. The molecular formula is C20H26N2O3S. The molecule has 2 aliphatic rings. The Bertz CT molecular complexity index is 694. The Morgan fingerprint density at radius 2 is 1.88 bits per heavy atom. The molecule has 1 saturated carbocycles. The van der Waals surface area contributed by atoms with E-state index in [4.69, 9.17) is 4.74 Å². The van der Waals surface area contributed by atoms with Crippen molar-refractivity contribution in [3.8, 4) is 0 Å². The van der Waals surface area contributed by atoms with Gasteiger partial charge in [0.15, 0.2) is 5.76 Å². The van der Waals surface area contributed by atoms with E-state index in [1.807, 2.05) is 19.1 Å². The number of amides is 2. The van der Waals surface area contributed by atoms with Crippen LogP contribution >= 0.6 is 11.8 Å². The summed E-state index contributed by atoms with van der Waals surface area (Å²) in [6.45, 7) is 2.44. The van der Waals surface area contributed by atoms with Crippen molar-refractivity contribution in [2.45, 2.75) is 51.5 Å². The Kier molecular flexibility index (Phi) is 6.61. The minimum absolute atomic E-state index is 0.0731. The van der Waals surface area contributed by atoms with Gasteiger partial charge in [0, 0.05) is 28.5 Å². The predicted molar refractivity (Wildman–Crippen MR) is 105 cm³/mol. The maximum absolute atomic E-state index is 12.6. The van der Waals surface area contributed by atoms with E-state index in [0.717, 1.165) is 24.2 Å². The van der Waals surface area contributed by atoms with Crippen LogP contribution in [0.25, 0.3) is 0 Å². The average Bonchev–Trinajstić information content (AvgIpc) is 2.92. The maximum Gasteiger partial charge on any atom is 0.291 e. The molecule has 3 rings (SSSR count). The third-order valence-corrected chi connectivity index (χ3v) is 5.59. The van der Waals surface area contributed by atoms with Crippen LogP contribution in [0.1, 0.15) is 54.4 Å². The number of hydrogen-bond acceptors (Lipinski definition) is 4. The van der Waals surface area contributed by atoms with Crippen molar-refractivity contribution in [2.75, 3.05) is 17.7 Å². The zero-order valence-electron chi connectivity index (χ0n) is 15.2. The minimum Gasteiger partial charge on any atom is -0.487 e. The van der Waals surface area contributed by atoms with Gasteiger partial charge in [-0.05, 0) is 37.5 Å². The lowest BCUT2D eigenvalue weighted by Crippen LogP contribution is -2.34. The SMILES string of the molecule is Cc1ccc(C(=O)NC2CCCCCC2)cc1NC(=O)C1=CSCCO1. The summed E-state index contributed by atoms with van der Waals surface area (Å²) in [5.74, 6) is 0.832. The van der Waals surface area contributed by atoms with Gasteiger partial charge in [-0.25, -0.2) is 0 Å². The first-order chi connectivity index (χ1) is 12.6. The third kappa shape index (κ3) is 5.04. The zero-order valence-corrected chi connectivity index (χ0v) is 16.0. The molecule has 1 fully saturated rings. The summed E-state index contributed by atoms with van der Waals surface area (Å²) in [6, 6.07) is 5.67. The minimum atomic E-state index is -0.276. The Morgan fingerprint density at radius 3 is 2.58 bits per heavy atom. The first-order valence-electron chi connectivity index (χ1n) is 9.31. The molecule has 0 unspecified atom stereocenters. The van der Waals surface area contributed by atoms with Gasteiger partial charge in [0.2, 0.25) is 0 Å². The standard InChI is InChI=1S/C20H26N2O3S/c1-14-8-9-15(19(23)21-16-6-4-2-3-5-7-16)12-17(14)22-20(24)18-13-26-11-10-25-18/h8-9,12-13,16H,2-7,10-11H2,1H3,(H,21,23)(H,22,24). The number of carbonyl (C=O) groups is 2. The monoisotopic (exact) mass is 374 g/mol. The highest BCUT2D eigenvalue weighted by Crippen LogP contribution is 2.22. The van der Waals surface area contributed by atoms with Crippen molar-refractivity contribution in [1.29, 1.82) is 0 Å². The number of anilines is 1. The van der Waals surface area contributed by atoms with E-state index in [9.17, 15) is 9.59 Å². The molecule has 2 N–H and O–H groups in total. The summed E-state index contributed by atoms with van der Waals surface area (Å²) in [6.07, 6.45) is 6.95. The van der Waals surface area contributed by atoms with Gasteiger partial charge in [-0.1, -0.05) is 31.7 Å². The normalized spacial score (nSPS) is 18.3. The number of carbonyl (C=O) groups excluding carboxylic acids is 2. The number of rotatable bonds is 4. The van der Waals surface area contributed by atoms with Gasteiger partial charge >= 0.3 is 0 Å². The van der Waals surface area contributed by atoms with Crippen LogP contribution in [0.5, 0.6) is 0 Å². The summed E-state index contributed by atoms with van der Waals surface area (Å²) in [5, 5.41) is 7.74. The van der Waals surface area contributed by atoms with Crippen molar-refractivity contribution < 1.29 is 14.3 Å². The Morgan fingerprint density at radius 1 is 1.12 bits per heavy atom. The van der Waals surface area contributed by atoms with Gasteiger partial charge in [0.25, 0.3) is 11.8 Å². The summed E-state index contributed by atoms with van der Waals surface area (Å²) >= 11 is 1.56. The van der Waals surface area contributed by atoms with Crippen LogP contribution in [0.2, 0.25) is 0 Å². The van der Waals surface area contributed by atoms with E-state index >= 15 is 0 Å². The highest BCUT2D eigenvalue weighted by Gasteiger charge is 2.18. The molecule has 1 aromatic rings. The van der Waals surface area contributed by atoms with Crippen molar-refractivity contribution in [2.24, 2.45) is 0 Å². The number of nitrogens with one attached hydrogen (secondary N) is 2. The Labute approximate surface area is 158 Å². The van der Waals surface area contributed by atoms with E-state index in [0.29, 0.717) is 23.6 Å². The second-order valence-electron chi connectivity index (χ2n) is 6.85. The van der Waals surface area contributed by atoms with Crippen LogP contribution in [0.3, 0.4) is 0 Å². The highest BCUT2D eigenvalue weighted by atomic mass is 32.2. The van der Waals surface area contributed by atoms with Gasteiger partial charge in [0.05, 0.1) is 6.61 Å². The molecule has 1 aliphatic heterocycles. The van der Waals surface area contributed by atoms with Gasteiger partial charge in [-0.2, -0.15) is 0 Å². The molecule has 0 spiro atoms. The molecule has 1 heterocycles. The van der Waals surface area contributed by atoms with Crippen molar-refractivity contribution in [1.82, 2.24) is 5.32 Å². The first-order valence-corrected chi connectivity index (χ1v) is 10.4. The lowest BCUT2D eigenvalue weighted by Gasteiger charge is -2.18. The smallest absolute Gasteiger partial charge is 0.291 e. The van der Waals surface area contributed by atoms with Crippen LogP contribution in [-0.4, -0.2) is 30.2 Å². The molecule has 0 aromatic heterocycles. The van der Waals surface area contributed by atoms with E-state index in [1.54, 1.807) is 23.2 Å². The molecule has 0 bridgehead atoms. The van der Waals surface area contributed by atoms with Crippen molar-refractivity contribution >= 4 is 29.3 Å². The fraction of sp³-hybridized carbons (Fsp3) is 0.500. The first kappa shape index (κ1) is 18.8. The molecular weight excluding hydrogens is 348 g/mol. The highest BCUT2D eigenvalue weighted by molar-refractivity contribution is 8.02. The van der Waals surface area contributed by atoms with E-state index in [-0.39, 0.29) is 17.9 Å². The fourth-order valence-electron chi connectivity index (χ4n) is 3.26. The largest absolute Gasteiger partial charge is 0.487 e. The summed E-state index contributed by atoms with van der Waals surface area (Å²) in [5.41, 5.74) is 2.13. The molecule has 0 radical (unpaired) electrons. The topological polar surface area (TPSA) is 67.4 Å². The van der Waals surface area contributed by atoms with Gasteiger partial charge in [-0.3, -0.25) is 9.59 Å². The van der Waals surface area contributed by atoms with Crippen molar-refractivity contribution in [3.63, 3.8) is 0 Å². The van der Waals surface area contributed by atoms with Crippen molar-refractivity contribution in [3.05, 3.63) is 40.5 Å². The van der Waals surface area contributed by atoms with Crippen LogP contribution in [-0.2, 0) is 9.53 Å². The molecule has 5 nitrogen and oxygen atoms in total. The van der Waals surface area contributed by atoms with E-state index in [2.05, 4.69) is 10.6 Å². The third-order valence-electron chi connectivity index (χ3n) is 4.81. The van der Waals surface area contributed by atoms with Gasteiger partial charge < -0.3 is 15.4 Å². The summed E-state index contributed by atoms with van der Waals surface area (Å²) in [7, 11) is 0. The Balaban J connectivity index is 1.67. The zero-order chi connectivity index (χ0) is 18.4. The lowest BCUT2D eigenvalue weighted by molar-refractivity contribution is -0.116. The van der Waals surface area contributed by atoms with Gasteiger partial charge in [-0.15, -0.1) is 11.8 Å². The molecule has 0 atom stereocenters. The van der Waals surface area contributed by atoms with Gasteiger partial charge in [0.1, 0.15) is 0 Å².